The molecule has 0 atom stereocenters. The first-order valence-electron chi connectivity index (χ1n) is 3.04. The number of benzene rings is 1. The Hall–Kier alpha value is 0.0700. The number of halogens is 6. The molecule has 72 valence electrons. The third-order valence-corrected chi connectivity index (χ3v) is 2.92. The quantitative estimate of drug-likeness (QED) is 0.604. The van der Waals surface area contributed by atoms with Crippen molar-refractivity contribution in [2.45, 2.75) is 6.18 Å². The van der Waals surface area contributed by atoms with Gasteiger partial charge in [-0.1, -0.05) is 23.2 Å². The number of hydrogen-bond donors (Lipinski definition) is 0. The lowest BCUT2D eigenvalue weighted by molar-refractivity contribution is -0.137. The first kappa shape index (κ1) is 11.1. The number of rotatable bonds is 0. The molecule has 1 rings (SSSR count). The van der Waals surface area contributed by atoms with E-state index in [1.165, 1.54) is 6.07 Å². The topological polar surface area (TPSA) is 0 Å². The molecule has 0 aromatic heterocycles. The van der Waals surface area contributed by atoms with Gasteiger partial charge < -0.3 is 0 Å². The van der Waals surface area contributed by atoms with E-state index in [9.17, 15) is 13.2 Å². The van der Waals surface area contributed by atoms with Crippen molar-refractivity contribution in [2.24, 2.45) is 0 Å². The predicted octanol–water partition coefficient (Wildman–Crippen LogP) is 4.77. The Morgan fingerprint density at radius 1 is 1.15 bits per heavy atom. The second kappa shape index (κ2) is 3.67. The fourth-order valence-electron chi connectivity index (χ4n) is 0.787. The molecule has 0 bridgehead atoms. The summed E-state index contributed by atoms with van der Waals surface area (Å²) < 4.78 is 37.1. The maximum Gasteiger partial charge on any atom is 0.419 e. The molecular formula is C7H2BrCl2F3. The molecule has 0 fully saturated rings. The summed E-state index contributed by atoms with van der Waals surface area (Å²) in [5, 5.41) is -0.819. The van der Waals surface area contributed by atoms with Crippen molar-refractivity contribution in [3.05, 3.63) is 32.2 Å². The molecule has 0 saturated heterocycles. The molecule has 6 heteroatoms. The summed E-state index contributed by atoms with van der Waals surface area (Å²) in [5.41, 5.74) is -1.01. The summed E-state index contributed by atoms with van der Waals surface area (Å²) in [6.07, 6.45) is -4.53. The average Bonchev–Trinajstić information content (AvgIpc) is 1.95. The minimum absolute atomic E-state index is 0.172. The summed E-state index contributed by atoms with van der Waals surface area (Å²) in [4.78, 5) is 0. The largest absolute Gasteiger partial charge is 0.419 e. The van der Waals surface area contributed by atoms with Crippen molar-refractivity contribution < 1.29 is 13.2 Å². The van der Waals surface area contributed by atoms with E-state index in [4.69, 9.17) is 23.2 Å². The van der Waals surface area contributed by atoms with E-state index in [0.717, 1.165) is 6.07 Å². The first-order chi connectivity index (χ1) is 5.84. The van der Waals surface area contributed by atoms with Crippen LogP contribution >= 0.6 is 39.1 Å². The monoisotopic (exact) mass is 292 g/mol. The van der Waals surface area contributed by atoms with Gasteiger partial charge in [0.2, 0.25) is 0 Å². The molecular weight excluding hydrogens is 292 g/mol. The Morgan fingerprint density at radius 2 is 1.69 bits per heavy atom. The van der Waals surface area contributed by atoms with Crippen molar-refractivity contribution in [1.82, 2.24) is 0 Å². The molecule has 0 aliphatic rings. The zero-order valence-electron chi connectivity index (χ0n) is 5.92. The first-order valence-corrected chi connectivity index (χ1v) is 4.59. The summed E-state index contributed by atoms with van der Waals surface area (Å²) in [6.45, 7) is 0. The van der Waals surface area contributed by atoms with E-state index >= 15 is 0 Å². The maximum atomic E-state index is 12.3. The van der Waals surface area contributed by atoms with Gasteiger partial charge >= 0.3 is 6.18 Å². The second-order valence-corrected chi connectivity index (χ2v) is 3.86. The lowest BCUT2D eigenvalue weighted by Gasteiger charge is -2.11. The van der Waals surface area contributed by atoms with E-state index in [-0.39, 0.29) is 4.47 Å². The van der Waals surface area contributed by atoms with Gasteiger partial charge in [-0.3, -0.25) is 0 Å². The van der Waals surface area contributed by atoms with Gasteiger partial charge in [0.15, 0.2) is 0 Å². The molecule has 0 nitrogen and oxygen atoms in total. The Labute approximate surface area is 90.8 Å². The highest BCUT2D eigenvalue weighted by atomic mass is 79.9. The van der Waals surface area contributed by atoms with Crippen LogP contribution in [0.3, 0.4) is 0 Å². The van der Waals surface area contributed by atoms with Crippen molar-refractivity contribution in [2.75, 3.05) is 0 Å². The Bertz CT molecular complexity index is 335. The maximum absolute atomic E-state index is 12.3. The normalized spacial score (nSPS) is 11.8. The molecule has 0 N–H and O–H groups in total. The molecule has 0 unspecified atom stereocenters. The standard InChI is InChI=1S/C7H2BrCl2F3/c8-3-1-2-4(9)5(6(3)10)7(11,12)13/h1-2H. The molecule has 0 amide bonds. The Morgan fingerprint density at radius 3 is 2.08 bits per heavy atom. The van der Waals surface area contributed by atoms with Gasteiger partial charge in [-0.05, 0) is 28.1 Å². The zero-order valence-corrected chi connectivity index (χ0v) is 9.02. The van der Waals surface area contributed by atoms with Crippen LogP contribution in [0.2, 0.25) is 10.0 Å². The molecule has 0 aliphatic carbocycles. The summed E-state index contributed by atoms with van der Waals surface area (Å²) in [6, 6.07) is 2.50. The van der Waals surface area contributed by atoms with Crippen LogP contribution in [0.25, 0.3) is 0 Å². The molecule has 1 aromatic carbocycles. The summed E-state index contributed by atoms with van der Waals surface area (Å²) >= 11 is 13.7. The molecule has 1 aromatic rings. The van der Waals surface area contributed by atoms with Crippen LogP contribution in [0.15, 0.2) is 16.6 Å². The van der Waals surface area contributed by atoms with E-state index in [2.05, 4.69) is 15.9 Å². The van der Waals surface area contributed by atoms with E-state index in [1.807, 2.05) is 0 Å². The summed E-state index contributed by atoms with van der Waals surface area (Å²) in [7, 11) is 0. The number of hydrogen-bond acceptors (Lipinski definition) is 0. The smallest absolute Gasteiger partial charge is 0.166 e. The van der Waals surface area contributed by atoms with E-state index in [0.29, 0.717) is 0 Å². The van der Waals surface area contributed by atoms with E-state index in [1.54, 1.807) is 0 Å². The minimum Gasteiger partial charge on any atom is -0.166 e. The van der Waals surface area contributed by atoms with Crippen LogP contribution in [-0.4, -0.2) is 0 Å². The third kappa shape index (κ3) is 2.30. The highest BCUT2D eigenvalue weighted by Gasteiger charge is 2.36. The van der Waals surface area contributed by atoms with Crippen molar-refractivity contribution >= 4 is 39.1 Å². The van der Waals surface area contributed by atoms with Gasteiger partial charge in [0.1, 0.15) is 0 Å². The van der Waals surface area contributed by atoms with Gasteiger partial charge in [0.05, 0.1) is 15.6 Å². The molecule has 0 radical (unpaired) electrons. The fraction of sp³-hybridized carbons (Fsp3) is 0.143. The lowest BCUT2D eigenvalue weighted by atomic mass is 10.2. The number of alkyl halides is 3. The molecule has 0 heterocycles. The van der Waals surface area contributed by atoms with Gasteiger partial charge in [0.25, 0.3) is 0 Å². The van der Waals surface area contributed by atoms with Gasteiger partial charge in [0, 0.05) is 4.47 Å². The average molecular weight is 294 g/mol. The van der Waals surface area contributed by atoms with Crippen LogP contribution < -0.4 is 0 Å². The van der Waals surface area contributed by atoms with Crippen LogP contribution in [0.5, 0.6) is 0 Å². The Kier molecular flexibility index (Phi) is 3.15. The molecule has 13 heavy (non-hydrogen) atoms. The lowest BCUT2D eigenvalue weighted by Crippen LogP contribution is -2.07. The zero-order chi connectivity index (χ0) is 10.2. The SMILES string of the molecule is FC(F)(F)c1c(Cl)ccc(Br)c1Cl. The van der Waals surface area contributed by atoms with Gasteiger partial charge in [-0.15, -0.1) is 0 Å². The Balaban J connectivity index is 3.43. The molecule has 0 saturated carbocycles. The highest BCUT2D eigenvalue weighted by Crippen LogP contribution is 2.42. The van der Waals surface area contributed by atoms with Crippen LogP contribution in [0, 0.1) is 0 Å². The van der Waals surface area contributed by atoms with E-state index < -0.39 is 21.8 Å². The van der Waals surface area contributed by atoms with Crippen molar-refractivity contribution in [3.63, 3.8) is 0 Å². The fourth-order valence-corrected chi connectivity index (χ4v) is 1.70. The minimum atomic E-state index is -4.53. The van der Waals surface area contributed by atoms with Gasteiger partial charge in [-0.2, -0.15) is 13.2 Å². The van der Waals surface area contributed by atoms with Crippen molar-refractivity contribution in [1.29, 1.82) is 0 Å². The molecule has 0 spiro atoms. The third-order valence-electron chi connectivity index (χ3n) is 1.33. The van der Waals surface area contributed by atoms with Gasteiger partial charge in [-0.25, -0.2) is 0 Å². The van der Waals surface area contributed by atoms with Crippen molar-refractivity contribution in [3.8, 4) is 0 Å². The molecule has 0 aliphatic heterocycles. The predicted molar refractivity (Wildman–Crippen MR) is 49.2 cm³/mol. The van der Waals surface area contributed by atoms with Crippen LogP contribution in [0.4, 0.5) is 13.2 Å². The highest BCUT2D eigenvalue weighted by molar-refractivity contribution is 9.10. The summed E-state index contributed by atoms with van der Waals surface area (Å²) in [5.74, 6) is 0. The second-order valence-electron chi connectivity index (χ2n) is 2.22. The van der Waals surface area contributed by atoms with Crippen LogP contribution in [0.1, 0.15) is 5.56 Å². The van der Waals surface area contributed by atoms with Crippen LogP contribution in [-0.2, 0) is 6.18 Å².